The van der Waals surface area contributed by atoms with Crippen molar-refractivity contribution in [3.05, 3.63) is 65.2 Å². The second-order valence-corrected chi connectivity index (χ2v) is 5.24. The molecule has 3 aromatic heterocycles. The Morgan fingerprint density at radius 1 is 1.17 bits per heavy atom. The summed E-state index contributed by atoms with van der Waals surface area (Å²) in [7, 11) is 1.69. The molecule has 23 heavy (non-hydrogen) atoms. The van der Waals surface area contributed by atoms with Crippen LogP contribution in [0.4, 0.5) is 0 Å². The van der Waals surface area contributed by atoms with Crippen LogP contribution in [0.5, 0.6) is 0 Å². The molecule has 3 aromatic rings. The number of pyridine rings is 3. The van der Waals surface area contributed by atoms with Gasteiger partial charge in [-0.15, -0.1) is 0 Å². The average molecular weight is 324 g/mol. The van der Waals surface area contributed by atoms with E-state index in [1.165, 1.54) is 0 Å². The average Bonchev–Trinajstić information content (AvgIpc) is 2.59. The number of halogens is 1. The van der Waals surface area contributed by atoms with Crippen LogP contribution in [-0.2, 0) is 0 Å². The summed E-state index contributed by atoms with van der Waals surface area (Å²) >= 11 is 5.96. The quantitative estimate of drug-likeness (QED) is 0.593. The van der Waals surface area contributed by atoms with Gasteiger partial charge in [-0.25, -0.2) is 4.98 Å². The Bertz CT molecular complexity index is 903. The molecular formula is C17H14ClN5. The van der Waals surface area contributed by atoms with Crippen molar-refractivity contribution in [2.75, 3.05) is 7.05 Å². The molecule has 0 spiro atoms. The summed E-state index contributed by atoms with van der Waals surface area (Å²) in [5, 5.41) is 0.423. The Kier molecular flexibility index (Phi) is 4.30. The Balaban J connectivity index is 2.19. The molecule has 3 heterocycles. The third kappa shape index (κ3) is 3.19. The number of rotatable bonds is 3. The molecule has 0 aliphatic rings. The van der Waals surface area contributed by atoms with Crippen molar-refractivity contribution in [3.8, 4) is 0 Å². The van der Waals surface area contributed by atoms with Crippen LogP contribution in [0, 0.1) is 0 Å². The molecule has 0 saturated heterocycles. The van der Waals surface area contributed by atoms with Gasteiger partial charge in [0.25, 0.3) is 0 Å². The molecular weight excluding hydrogens is 310 g/mol. The third-order valence-electron chi connectivity index (χ3n) is 3.34. The van der Waals surface area contributed by atoms with E-state index in [2.05, 4.69) is 19.9 Å². The number of nitrogens with two attached hydrogens (primary N) is 1. The topological polar surface area (TPSA) is 77.0 Å². The first-order chi connectivity index (χ1) is 11.2. The van der Waals surface area contributed by atoms with Gasteiger partial charge in [0.15, 0.2) is 0 Å². The van der Waals surface area contributed by atoms with E-state index in [0.29, 0.717) is 16.4 Å². The maximum Gasteiger partial charge on any atom is 0.129 e. The Labute approximate surface area is 138 Å². The van der Waals surface area contributed by atoms with Crippen molar-refractivity contribution in [2.24, 2.45) is 10.7 Å². The summed E-state index contributed by atoms with van der Waals surface area (Å²) < 4.78 is 0. The predicted octanol–water partition coefficient (Wildman–Crippen LogP) is 3.21. The van der Waals surface area contributed by atoms with Gasteiger partial charge >= 0.3 is 0 Å². The highest BCUT2D eigenvalue weighted by Gasteiger charge is 2.09. The van der Waals surface area contributed by atoms with Crippen LogP contribution in [0.3, 0.4) is 0 Å². The summed E-state index contributed by atoms with van der Waals surface area (Å²) in [6.07, 6.45) is 6.87. The Morgan fingerprint density at radius 2 is 2.04 bits per heavy atom. The number of nitrogens with zero attached hydrogens (tertiary/aromatic N) is 4. The van der Waals surface area contributed by atoms with Crippen LogP contribution in [0.15, 0.2) is 53.9 Å². The first-order valence-electron chi connectivity index (χ1n) is 6.94. The van der Waals surface area contributed by atoms with E-state index in [-0.39, 0.29) is 0 Å². The maximum atomic E-state index is 6.31. The molecule has 114 valence electrons. The molecule has 0 bridgehead atoms. The van der Waals surface area contributed by atoms with Crippen LogP contribution in [-0.4, -0.2) is 28.2 Å². The summed E-state index contributed by atoms with van der Waals surface area (Å²) in [5.41, 5.74) is 10.8. The van der Waals surface area contributed by atoms with Crippen LogP contribution < -0.4 is 5.73 Å². The molecule has 3 rings (SSSR count). The van der Waals surface area contributed by atoms with Gasteiger partial charge < -0.3 is 5.73 Å². The molecule has 0 aliphatic carbocycles. The first kappa shape index (κ1) is 15.1. The molecule has 6 heteroatoms. The third-order valence-corrected chi connectivity index (χ3v) is 3.55. The summed E-state index contributed by atoms with van der Waals surface area (Å²) in [6.45, 7) is 0. The number of allylic oxidation sites excluding steroid dienone is 1. The highest BCUT2D eigenvalue weighted by Crippen LogP contribution is 2.23. The lowest BCUT2D eigenvalue weighted by Gasteiger charge is -2.09. The zero-order chi connectivity index (χ0) is 16.2. The fourth-order valence-corrected chi connectivity index (χ4v) is 2.39. The van der Waals surface area contributed by atoms with Gasteiger partial charge in [-0.05, 0) is 30.3 Å². The predicted molar refractivity (Wildman–Crippen MR) is 94.2 cm³/mol. The number of hydrogen-bond donors (Lipinski definition) is 1. The largest absolute Gasteiger partial charge is 0.398 e. The van der Waals surface area contributed by atoms with Crippen LogP contribution in [0.2, 0.25) is 5.15 Å². The highest BCUT2D eigenvalue weighted by atomic mass is 35.5. The van der Waals surface area contributed by atoms with Gasteiger partial charge in [0.05, 0.1) is 11.0 Å². The van der Waals surface area contributed by atoms with Gasteiger partial charge in [0.1, 0.15) is 5.15 Å². The minimum absolute atomic E-state index is 0.423. The monoisotopic (exact) mass is 323 g/mol. The molecule has 0 unspecified atom stereocenters. The second kappa shape index (κ2) is 6.54. The number of aliphatic imine (C=N–C) groups is 1. The fourth-order valence-electron chi connectivity index (χ4n) is 2.24. The highest BCUT2D eigenvalue weighted by molar-refractivity contribution is 6.29. The van der Waals surface area contributed by atoms with E-state index in [1.54, 1.807) is 37.9 Å². The van der Waals surface area contributed by atoms with E-state index in [4.69, 9.17) is 17.3 Å². The lowest BCUT2D eigenvalue weighted by atomic mass is 10.0. The van der Waals surface area contributed by atoms with Crippen LogP contribution >= 0.6 is 11.6 Å². The van der Waals surface area contributed by atoms with Gasteiger partial charge in [-0.3, -0.25) is 15.0 Å². The molecule has 0 atom stereocenters. The Hall–Kier alpha value is -2.79. The lowest BCUT2D eigenvalue weighted by molar-refractivity contribution is 1.30. The first-order valence-corrected chi connectivity index (χ1v) is 7.32. The molecule has 0 amide bonds. The van der Waals surface area contributed by atoms with Crippen molar-refractivity contribution < 1.29 is 0 Å². The van der Waals surface area contributed by atoms with Crippen LogP contribution in [0.1, 0.15) is 11.1 Å². The SMILES string of the molecule is CN=CC(=C(N)c1cccnc1)c1cnc2ccc(Cl)nc2c1. The molecule has 0 saturated carbocycles. The van der Waals surface area contributed by atoms with Crippen molar-refractivity contribution in [1.29, 1.82) is 0 Å². The minimum atomic E-state index is 0.423. The summed E-state index contributed by atoms with van der Waals surface area (Å²) in [4.78, 5) is 16.9. The van der Waals surface area contributed by atoms with E-state index >= 15 is 0 Å². The Morgan fingerprint density at radius 3 is 2.78 bits per heavy atom. The van der Waals surface area contributed by atoms with Crippen LogP contribution in [0.25, 0.3) is 22.3 Å². The fraction of sp³-hybridized carbons (Fsp3) is 0.0588. The lowest BCUT2D eigenvalue weighted by Crippen LogP contribution is -2.03. The van der Waals surface area contributed by atoms with Gasteiger partial charge in [-0.1, -0.05) is 11.6 Å². The zero-order valence-electron chi connectivity index (χ0n) is 12.4. The summed E-state index contributed by atoms with van der Waals surface area (Å²) in [5.74, 6) is 0. The van der Waals surface area contributed by atoms with Gasteiger partial charge in [0.2, 0.25) is 0 Å². The molecule has 5 nitrogen and oxygen atoms in total. The number of hydrogen-bond acceptors (Lipinski definition) is 5. The van der Waals surface area contributed by atoms with Crippen molar-refractivity contribution in [2.45, 2.75) is 0 Å². The van der Waals surface area contributed by atoms with Gasteiger partial charge in [-0.2, -0.15) is 0 Å². The van der Waals surface area contributed by atoms with E-state index < -0.39 is 0 Å². The van der Waals surface area contributed by atoms with E-state index in [9.17, 15) is 0 Å². The zero-order valence-corrected chi connectivity index (χ0v) is 13.2. The summed E-state index contributed by atoms with van der Waals surface area (Å²) in [6, 6.07) is 9.17. The molecule has 0 radical (unpaired) electrons. The molecule has 2 N–H and O–H groups in total. The molecule has 0 fully saturated rings. The smallest absolute Gasteiger partial charge is 0.129 e. The number of fused-ring (bicyclic) bond motifs is 1. The van der Waals surface area contributed by atoms with Gasteiger partial charge in [0, 0.05) is 54.2 Å². The molecule has 0 aromatic carbocycles. The molecule has 0 aliphatic heterocycles. The minimum Gasteiger partial charge on any atom is -0.398 e. The van der Waals surface area contributed by atoms with Crippen molar-refractivity contribution in [3.63, 3.8) is 0 Å². The van der Waals surface area contributed by atoms with E-state index in [0.717, 1.165) is 22.2 Å². The second-order valence-electron chi connectivity index (χ2n) is 4.85. The number of aromatic nitrogens is 3. The van der Waals surface area contributed by atoms with E-state index in [1.807, 2.05) is 24.3 Å². The van der Waals surface area contributed by atoms with Crippen molar-refractivity contribution in [1.82, 2.24) is 15.0 Å². The van der Waals surface area contributed by atoms with Crippen molar-refractivity contribution >= 4 is 40.1 Å². The standard InChI is InChI=1S/C17H14ClN5/c1-20-10-13(17(19)11-3-2-6-21-8-11)12-7-15-14(22-9-12)4-5-16(18)23-15/h2-10H,19H2,1H3. The normalized spacial score (nSPS) is 12.6. The maximum absolute atomic E-state index is 6.31.